The van der Waals surface area contributed by atoms with Gasteiger partial charge in [-0.3, -0.25) is 4.98 Å². The predicted molar refractivity (Wildman–Crippen MR) is 82.3 cm³/mol. The maximum atomic E-state index is 5.57. The summed E-state index contributed by atoms with van der Waals surface area (Å²) in [7, 11) is 0. The zero-order chi connectivity index (χ0) is 14.9. The summed E-state index contributed by atoms with van der Waals surface area (Å²) in [4.78, 5) is 16.3. The van der Waals surface area contributed by atoms with Crippen molar-refractivity contribution < 1.29 is 4.74 Å². The van der Waals surface area contributed by atoms with Crippen LogP contribution in [0.15, 0.2) is 65.1 Å². The van der Waals surface area contributed by atoms with Crippen molar-refractivity contribution in [1.82, 2.24) is 14.5 Å². The second-order valence-electron chi connectivity index (χ2n) is 4.21. The molecule has 0 unspecified atom stereocenters. The smallest absolute Gasteiger partial charge is 0.177 e. The van der Waals surface area contributed by atoms with E-state index in [4.69, 9.17) is 4.74 Å². The van der Waals surface area contributed by atoms with Gasteiger partial charge in [-0.1, -0.05) is 6.07 Å². The molecule has 0 saturated carbocycles. The van der Waals surface area contributed by atoms with E-state index >= 15 is 0 Å². The fraction of sp³-hybridized carbons (Fsp3) is 0.200. The van der Waals surface area contributed by atoms with Crippen molar-refractivity contribution in [3.63, 3.8) is 0 Å². The molecule has 0 aliphatic heterocycles. The first-order valence-corrected chi connectivity index (χ1v) is 6.51. The van der Waals surface area contributed by atoms with E-state index in [9.17, 15) is 0 Å². The van der Waals surface area contributed by atoms with Gasteiger partial charge in [-0.05, 0) is 25.8 Å². The molecule has 2 rings (SSSR count). The summed E-state index contributed by atoms with van der Waals surface area (Å²) in [5, 5.41) is 0. The van der Waals surface area contributed by atoms with E-state index in [-0.39, 0.29) is 0 Å². The molecule has 0 saturated heterocycles. The molecule has 0 atom stereocenters. The van der Waals surface area contributed by atoms with Gasteiger partial charge in [0.25, 0.3) is 0 Å². The number of hydrogen-bond donors (Lipinski definition) is 0. The number of pyridine rings is 1. The van der Waals surface area contributed by atoms with Crippen LogP contribution in [-0.4, -0.2) is 33.7 Å². The summed E-state index contributed by atoms with van der Waals surface area (Å²) in [6.07, 6.45) is 8.69. The third-order valence-corrected chi connectivity index (χ3v) is 2.65. The molecule has 0 aliphatic carbocycles. The van der Waals surface area contributed by atoms with Gasteiger partial charge in [-0.25, -0.2) is 15.0 Å². The Morgan fingerprint density at radius 1 is 1.43 bits per heavy atom. The molecule has 0 spiro atoms. The van der Waals surface area contributed by atoms with Crippen molar-refractivity contribution >= 4 is 12.6 Å². The van der Waals surface area contributed by atoms with E-state index in [1.54, 1.807) is 24.9 Å². The van der Waals surface area contributed by atoms with Gasteiger partial charge in [0.15, 0.2) is 5.84 Å². The predicted octanol–water partition coefficient (Wildman–Crippen LogP) is 2.30. The molecule has 2 aromatic rings. The van der Waals surface area contributed by atoms with E-state index < -0.39 is 0 Å². The summed E-state index contributed by atoms with van der Waals surface area (Å²) in [5.41, 5.74) is 0.676. The summed E-state index contributed by atoms with van der Waals surface area (Å²) in [5.74, 6) is 1.17. The molecular weight excluding hydrogens is 266 g/mol. The van der Waals surface area contributed by atoms with E-state index in [1.165, 1.54) is 0 Å². The third-order valence-electron chi connectivity index (χ3n) is 2.65. The molecule has 0 radical (unpaired) electrons. The fourth-order valence-electron chi connectivity index (χ4n) is 1.60. The second kappa shape index (κ2) is 7.74. The average molecular weight is 283 g/mol. The number of aromatic nitrogens is 3. The summed E-state index contributed by atoms with van der Waals surface area (Å²) in [6, 6.07) is 5.54. The first kappa shape index (κ1) is 14.6. The maximum Gasteiger partial charge on any atom is 0.177 e. The molecule has 6 heteroatoms. The number of nitrogens with zero attached hydrogens (tertiary/aromatic N) is 5. The highest BCUT2D eigenvalue weighted by molar-refractivity contribution is 6.00. The lowest BCUT2D eigenvalue weighted by Gasteiger charge is -2.06. The number of allylic oxidation sites excluding steroid dienone is 1. The Balaban J connectivity index is 1.91. The Labute approximate surface area is 123 Å². The number of ether oxygens (including phenoxy) is 1. The number of hydrogen-bond acceptors (Lipinski definition) is 4. The Bertz CT molecular complexity index is 617. The van der Waals surface area contributed by atoms with Crippen LogP contribution in [-0.2, 0) is 11.3 Å². The minimum atomic E-state index is 0.466. The molecule has 0 amide bonds. The van der Waals surface area contributed by atoms with Crippen LogP contribution in [0, 0.1) is 0 Å². The van der Waals surface area contributed by atoms with E-state index in [1.807, 2.05) is 35.9 Å². The molecule has 2 aromatic heterocycles. The number of amidine groups is 1. The van der Waals surface area contributed by atoms with Gasteiger partial charge in [0.1, 0.15) is 18.1 Å². The van der Waals surface area contributed by atoms with Gasteiger partial charge in [-0.15, -0.1) is 0 Å². The van der Waals surface area contributed by atoms with E-state index in [0.29, 0.717) is 23.9 Å². The van der Waals surface area contributed by atoms with Crippen LogP contribution >= 0.6 is 0 Å². The van der Waals surface area contributed by atoms with Crippen molar-refractivity contribution in [2.75, 3.05) is 6.61 Å². The van der Waals surface area contributed by atoms with Crippen LogP contribution in [0.25, 0.3) is 0 Å². The van der Waals surface area contributed by atoms with Crippen molar-refractivity contribution in [3.8, 4) is 0 Å². The molecule has 0 bridgehead atoms. The van der Waals surface area contributed by atoms with Gasteiger partial charge in [0.2, 0.25) is 0 Å². The van der Waals surface area contributed by atoms with Crippen molar-refractivity contribution in [1.29, 1.82) is 0 Å². The average Bonchev–Trinajstić information content (AvgIpc) is 3.02. The molecule has 2 heterocycles. The summed E-state index contributed by atoms with van der Waals surface area (Å²) in [6.45, 7) is 6.64. The highest BCUT2D eigenvalue weighted by atomic mass is 16.5. The molecular formula is C15H17N5O. The quantitative estimate of drug-likeness (QED) is 0.464. The van der Waals surface area contributed by atoms with Gasteiger partial charge in [-0.2, -0.15) is 0 Å². The fourth-order valence-corrected chi connectivity index (χ4v) is 1.60. The summed E-state index contributed by atoms with van der Waals surface area (Å²) < 4.78 is 7.51. The van der Waals surface area contributed by atoms with Gasteiger partial charge < -0.3 is 9.30 Å². The lowest BCUT2D eigenvalue weighted by atomic mass is 10.3. The zero-order valence-corrected chi connectivity index (χ0v) is 11.9. The van der Waals surface area contributed by atoms with Crippen molar-refractivity contribution in [2.24, 2.45) is 9.98 Å². The highest BCUT2D eigenvalue weighted by Gasteiger charge is 2.00. The molecule has 0 fully saturated rings. The van der Waals surface area contributed by atoms with Gasteiger partial charge in [0, 0.05) is 18.6 Å². The van der Waals surface area contributed by atoms with Crippen LogP contribution in [0.1, 0.15) is 12.6 Å². The first-order chi connectivity index (χ1) is 10.3. The van der Waals surface area contributed by atoms with Gasteiger partial charge in [0.05, 0.1) is 19.1 Å². The lowest BCUT2D eigenvalue weighted by Crippen LogP contribution is -2.03. The van der Waals surface area contributed by atoms with Crippen LogP contribution in [0.3, 0.4) is 0 Å². The van der Waals surface area contributed by atoms with E-state index in [0.717, 1.165) is 6.54 Å². The Hall–Kier alpha value is -2.76. The molecule has 0 aliphatic rings. The lowest BCUT2D eigenvalue weighted by molar-refractivity contribution is 0.201. The topological polar surface area (TPSA) is 64.7 Å². The minimum absolute atomic E-state index is 0.466. The SMILES string of the molecule is C=N/C(=N\C=C(/C)OCCn1ccnc1)c1ccccn1. The Kier molecular flexibility index (Phi) is 5.40. The van der Waals surface area contributed by atoms with Crippen molar-refractivity contribution in [3.05, 3.63) is 60.8 Å². The normalized spacial score (nSPS) is 12.2. The number of aliphatic imine (C=N–C) groups is 2. The highest BCUT2D eigenvalue weighted by Crippen LogP contribution is 2.02. The largest absolute Gasteiger partial charge is 0.495 e. The summed E-state index contributed by atoms with van der Waals surface area (Å²) >= 11 is 0. The molecule has 0 aromatic carbocycles. The second-order valence-corrected chi connectivity index (χ2v) is 4.21. The minimum Gasteiger partial charge on any atom is -0.495 e. The van der Waals surface area contributed by atoms with Crippen LogP contribution in [0.5, 0.6) is 0 Å². The van der Waals surface area contributed by atoms with Crippen molar-refractivity contribution in [2.45, 2.75) is 13.5 Å². The maximum absolute atomic E-state index is 5.57. The van der Waals surface area contributed by atoms with Crippen LogP contribution in [0.2, 0.25) is 0 Å². The monoisotopic (exact) mass is 283 g/mol. The van der Waals surface area contributed by atoms with Crippen LogP contribution in [0.4, 0.5) is 0 Å². The molecule has 21 heavy (non-hydrogen) atoms. The molecule has 6 nitrogen and oxygen atoms in total. The first-order valence-electron chi connectivity index (χ1n) is 6.51. The third kappa shape index (κ3) is 4.68. The zero-order valence-electron chi connectivity index (χ0n) is 11.9. The standard InChI is InChI=1S/C15H17N5O/c1-13(21-10-9-20-8-7-17-12-20)11-19-15(16-2)14-5-3-4-6-18-14/h3-8,11-12H,2,9-10H2,1H3/b13-11+,19-15-. The molecule has 0 N–H and O–H groups in total. The Morgan fingerprint density at radius 3 is 3.00 bits per heavy atom. The van der Waals surface area contributed by atoms with Crippen LogP contribution < -0.4 is 0 Å². The molecule has 108 valence electrons. The Morgan fingerprint density at radius 2 is 2.33 bits per heavy atom. The number of imidazole rings is 1. The number of rotatable bonds is 6. The van der Waals surface area contributed by atoms with Gasteiger partial charge >= 0.3 is 0 Å². The van der Waals surface area contributed by atoms with E-state index in [2.05, 4.69) is 26.7 Å².